The fourth-order valence-corrected chi connectivity index (χ4v) is 3.41. The summed E-state index contributed by atoms with van der Waals surface area (Å²) in [6.07, 6.45) is 3.22. The van der Waals surface area contributed by atoms with Crippen molar-refractivity contribution in [2.45, 2.75) is 13.0 Å². The molecule has 1 aliphatic heterocycles. The predicted octanol–water partition coefficient (Wildman–Crippen LogP) is 1.12. The Morgan fingerprint density at radius 3 is 2.74 bits per heavy atom. The number of benzene rings is 1. The lowest BCUT2D eigenvalue weighted by Crippen LogP contribution is -2.37. The molecule has 4 rings (SSSR count). The molecule has 1 saturated heterocycles. The van der Waals surface area contributed by atoms with Gasteiger partial charge in [0.1, 0.15) is 5.69 Å². The smallest absolute Gasteiger partial charge is 0.261 e. The second-order valence-electron chi connectivity index (χ2n) is 7.46. The summed E-state index contributed by atoms with van der Waals surface area (Å²) in [6.45, 7) is 2.97. The molecule has 1 N–H and O–H groups in total. The first-order valence-corrected chi connectivity index (χ1v) is 10.1. The molecule has 10 nitrogen and oxygen atoms in total. The molecule has 0 saturated carbocycles. The van der Waals surface area contributed by atoms with Crippen molar-refractivity contribution in [3.8, 4) is 0 Å². The summed E-state index contributed by atoms with van der Waals surface area (Å²) < 4.78 is 6.83. The second kappa shape index (κ2) is 9.09. The molecule has 2 aromatic heterocycles. The molecule has 1 amide bonds. The van der Waals surface area contributed by atoms with Crippen LogP contribution < -0.4 is 20.7 Å². The van der Waals surface area contributed by atoms with Gasteiger partial charge in [0.2, 0.25) is 11.9 Å². The zero-order chi connectivity index (χ0) is 21.8. The van der Waals surface area contributed by atoms with Gasteiger partial charge in [-0.2, -0.15) is 4.98 Å². The third kappa shape index (κ3) is 4.64. The Morgan fingerprint density at radius 1 is 1.19 bits per heavy atom. The Morgan fingerprint density at radius 2 is 1.97 bits per heavy atom. The fraction of sp³-hybridized carbons (Fsp3) is 0.381. The minimum absolute atomic E-state index is 0.123. The fourth-order valence-electron chi connectivity index (χ4n) is 3.41. The summed E-state index contributed by atoms with van der Waals surface area (Å²) in [4.78, 5) is 42.4. The number of rotatable bonds is 6. The number of hydrogen-bond donors (Lipinski definition) is 1. The van der Waals surface area contributed by atoms with Gasteiger partial charge in [-0.05, 0) is 12.1 Å². The zero-order valence-corrected chi connectivity index (χ0v) is 17.6. The number of amides is 1. The summed E-state index contributed by atoms with van der Waals surface area (Å²) >= 11 is 0. The molecule has 0 unspecified atom stereocenters. The molecular formula is C21H25N7O3. The molecule has 3 aromatic rings. The molecule has 162 valence electrons. The second-order valence-corrected chi connectivity index (χ2v) is 7.46. The third-order valence-electron chi connectivity index (χ3n) is 5.06. The van der Waals surface area contributed by atoms with E-state index in [1.165, 1.54) is 10.9 Å². The van der Waals surface area contributed by atoms with E-state index in [0.29, 0.717) is 41.6 Å². The van der Waals surface area contributed by atoms with Crippen LogP contribution in [-0.4, -0.2) is 65.8 Å². The lowest BCUT2D eigenvalue weighted by molar-refractivity contribution is -0.116. The number of para-hydroxylation sites is 1. The maximum atomic E-state index is 12.6. The lowest BCUT2D eigenvalue weighted by Gasteiger charge is -2.28. The Kier molecular flexibility index (Phi) is 6.08. The number of aromatic nitrogens is 4. The van der Waals surface area contributed by atoms with Crippen LogP contribution in [0.25, 0.3) is 10.9 Å². The third-order valence-corrected chi connectivity index (χ3v) is 5.06. The van der Waals surface area contributed by atoms with Gasteiger partial charge < -0.3 is 19.9 Å². The highest BCUT2D eigenvalue weighted by atomic mass is 16.5. The minimum Gasteiger partial charge on any atom is -0.378 e. The van der Waals surface area contributed by atoms with Gasteiger partial charge in [0.15, 0.2) is 5.82 Å². The van der Waals surface area contributed by atoms with Crippen molar-refractivity contribution < 1.29 is 9.53 Å². The van der Waals surface area contributed by atoms with Crippen molar-refractivity contribution in [1.82, 2.24) is 19.5 Å². The monoisotopic (exact) mass is 423 g/mol. The molecule has 10 heteroatoms. The molecule has 1 fully saturated rings. The first kappa shape index (κ1) is 20.7. The Labute approximate surface area is 179 Å². The Bertz CT molecular complexity index is 1140. The lowest BCUT2D eigenvalue weighted by atomic mass is 10.2. The molecule has 1 aliphatic rings. The van der Waals surface area contributed by atoms with Crippen LogP contribution in [0.5, 0.6) is 0 Å². The molecular weight excluding hydrogens is 398 g/mol. The van der Waals surface area contributed by atoms with E-state index in [4.69, 9.17) is 4.74 Å². The molecule has 0 spiro atoms. The standard InChI is InChI=1S/C21H25N7O3/c1-26(2)19-17(13-22-21(25-19)27-9-11-31-12-10-27)24-18(29)7-8-28-14-23-16-6-4-3-5-15(16)20(28)30/h3-6,13-14H,7-12H2,1-2H3,(H,24,29). The summed E-state index contributed by atoms with van der Waals surface area (Å²) in [7, 11) is 3.72. The average molecular weight is 423 g/mol. The highest BCUT2D eigenvalue weighted by Gasteiger charge is 2.18. The number of aryl methyl sites for hydroxylation is 1. The largest absolute Gasteiger partial charge is 0.378 e. The summed E-state index contributed by atoms with van der Waals surface area (Å²) in [5.41, 5.74) is 1.00. The van der Waals surface area contributed by atoms with Crippen LogP contribution in [-0.2, 0) is 16.1 Å². The number of anilines is 3. The highest BCUT2D eigenvalue weighted by molar-refractivity contribution is 5.93. The number of ether oxygens (including phenoxy) is 1. The topological polar surface area (TPSA) is 105 Å². The van der Waals surface area contributed by atoms with E-state index in [-0.39, 0.29) is 24.4 Å². The summed E-state index contributed by atoms with van der Waals surface area (Å²) in [5.74, 6) is 0.999. The Hall–Kier alpha value is -3.53. The van der Waals surface area contributed by atoms with E-state index in [1.54, 1.807) is 24.4 Å². The van der Waals surface area contributed by atoms with Crippen LogP contribution in [0.15, 0.2) is 41.6 Å². The van der Waals surface area contributed by atoms with Crippen molar-refractivity contribution in [1.29, 1.82) is 0 Å². The van der Waals surface area contributed by atoms with Gasteiger partial charge in [0.05, 0.1) is 36.6 Å². The van der Waals surface area contributed by atoms with Crippen molar-refractivity contribution in [3.05, 3.63) is 47.1 Å². The highest BCUT2D eigenvalue weighted by Crippen LogP contribution is 2.24. The first-order chi connectivity index (χ1) is 15.0. The maximum Gasteiger partial charge on any atom is 0.261 e. The normalized spacial score (nSPS) is 13.9. The molecule has 0 aliphatic carbocycles. The van der Waals surface area contributed by atoms with Gasteiger partial charge in [-0.15, -0.1) is 0 Å². The molecule has 0 bridgehead atoms. The van der Waals surface area contributed by atoms with Gasteiger partial charge in [-0.1, -0.05) is 12.1 Å². The first-order valence-electron chi connectivity index (χ1n) is 10.1. The van der Waals surface area contributed by atoms with E-state index >= 15 is 0 Å². The number of morpholine rings is 1. The van der Waals surface area contributed by atoms with Crippen LogP contribution in [0.2, 0.25) is 0 Å². The summed E-state index contributed by atoms with van der Waals surface area (Å²) in [6, 6.07) is 7.15. The van der Waals surface area contributed by atoms with E-state index < -0.39 is 0 Å². The van der Waals surface area contributed by atoms with Crippen LogP contribution in [0.3, 0.4) is 0 Å². The van der Waals surface area contributed by atoms with E-state index in [0.717, 1.165) is 13.1 Å². The molecule has 31 heavy (non-hydrogen) atoms. The van der Waals surface area contributed by atoms with E-state index in [2.05, 4.69) is 25.2 Å². The van der Waals surface area contributed by atoms with Gasteiger partial charge in [-0.3, -0.25) is 14.2 Å². The van der Waals surface area contributed by atoms with Gasteiger partial charge >= 0.3 is 0 Å². The van der Waals surface area contributed by atoms with Crippen LogP contribution in [0, 0.1) is 0 Å². The average Bonchev–Trinajstić information content (AvgIpc) is 2.79. The van der Waals surface area contributed by atoms with Crippen molar-refractivity contribution >= 4 is 34.3 Å². The van der Waals surface area contributed by atoms with Crippen molar-refractivity contribution in [3.63, 3.8) is 0 Å². The van der Waals surface area contributed by atoms with Gasteiger partial charge in [-0.25, -0.2) is 9.97 Å². The number of fused-ring (bicyclic) bond motifs is 1. The summed E-state index contributed by atoms with van der Waals surface area (Å²) in [5, 5.41) is 3.40. The maximum absolute atomic E-state index is 12.6. The number of nitrogens with zero attached hydrogens (tertiary/aromatic N) is 6. The van der Waals surface area contributed by atoms with Crippen LogP contribution in [0.4, 0.5) is 17.5 Å². The zero-order valence-electron chi connectivity index (χ0n) is 17.6. The van der Waals surface area contributed by atoms with E-state index in [9.17, 15) is 9.59 Å². The van der Waals surface area contributed by atoms with Gasteiger partial charge in [0, 0.05) is 40.2 Å². The molecule has 0 atom stereocenters. The molecule has 3 heterocycles. The Balaban J connectivity index is 1.45. The number of nitrogens with one attached hydrogen (secondary N) is 1. The van der Waals surface area contributed by atoms with Gasteiger partial charge in [0.25, 0.3) is 5.56 Å². The van der Waals surface area contributed by atoms with Crippen LogP contribution in [0.1, 0.15) is 6.42 Å². The number of carbonyl (C=O) groups is 1. The van der Waals surface area contributed by atoms with Crippen LogP contribution >= 0.6 is 0 Å². The van der Waals surface area contributed by atoms with E-state index in [1.807, 2.05) is 25.1 Å². The molecule has 0 radical (unpaired) electrons. The SMILES string of the molecule is CN(C)c1nc(N2CCOCC2)ncc1NC(=O)CCn1cnc2ccccc2c1=O. The molecule has 1 aromatic carbocycles. The predicted molar refractivity (Wildman–Crippen MR) is 119 cm³/mol. The number of carbonyl (C=O) groups excluding carboxylic acids is 1. The quantitative estimate of drug-likeness (QED) is 0.629. The number of hydrogen-bond acceptors (Lipinski definition) is 8. The van der Waals surface area contributed by atoms with Crippen molar-refractivity contribution in [2.75, 3.05) is 55.5 Å². The van der Waals surface area contributed by atoms with Crippen molar-refractivity contribution in [2.24, 2.45) is 0 Å². The minimum atomic E-state index is -0.231.